The molecule has 102 valence electrons. The van der Waals surface area contributed by atoms with Gasteiger partial charge >= 0.3 is 0 Å². The maximum absolute atomic E-state index is 4.83. The van der Waals surface area contributed by atoms with Crippen molar-refractivity contribution in [2.24, 2.45) is 0 Å². The fourth-order valence-electron chi connectivity index (χ4n) is 2.09. The van der Waals surface area contributed by atoms with Crippen LogP contribution in [0.1, 0.15) is 52.9 Å². The van der Waals surface area contributed by atoms with Gasteiger partial charge in [0.1, 0.15) is 4.32 Å². The quantitative estimate of drug-likeness (QED) is 0.604. The van der Waals surface area contributed by atoms with E-state index in [4.69, 9.17) is 12.2 Å². The van der Waals surface area contributed by atoms with Crippen LogP contribution < -0.4 is 5.32 Å². The van der Waals surface area contributed by atoms with Gasteiger partial charge in [-0.3, -0.25) is 0 Å². The highest BCUT2D eigenvalue weighted by Gasteiger charge is 2.12. The highest BCUT2D eigenvalue weighted by Crippen LogP contribution is 2.17. The number of hydrogen-bond acceptors (Lipinski definition) is 2. The molecule has 0 heterocycles. The van der Waals surface area contributed by atoms with E-state index in [-0.39, 0.29) is 0 Å². The average Bonchev–Trinajstić information content (AvgIpc) is 2.32. The first-order chi connectivity index (χ1) is 8.13. The molecule has 1 saturated carbocycles. The standard InChI is InChI=1S/C7H13NS2.C6H15N/c9-7(10)8-6-4-2-1-3-5-6;1-4-7(5-2)6-3/h6H,1-5H2,(H2,8,9,10);4-6H2,1-3H3. The van der Waals surface area contributed by atoms with Crippen LogP contribution in [0.4, 0.5) is 0 Å². The van der Waals surface area contributed by atoms with E-state index in [2.05, 4.69) is 43.6 Å². The SMILES string of the molecule is CCN(CC)CC.S=C(S)NC1CCCCC1. The van der Waals surface area contributed by atoms with Crippen LogP contribution in [-0.4, -0.2) is 34.9 Å². The van der Waals surface area contributed by atoms with E-state index < -0.39 is 0 Å². The van der Waals surface area contributed by atoms with Gasteiger partial charge in [0.2, 0.25) is 0 Å². The molecule has 0 radical (unpaired) electrons. The van der Waals surface area contributed by atoms with Crippen molar-refractivity contribution in [2.45, 2.75) is 58.9 Å². The highest BCUT2D eigenvalue weighted by molar-refractivity contribution is 8.11. The molecule has 1 aliphatic carbocycles. The first-order valence-corrected chi connectivity index (χ1v) is 7.71. The second kappa shape index (κ2) is 11.3. The zero-order valence-corrected chi connectivity index (χ0v) is 13.2. The van der Waals surface area contributed by atoms with Gasteiger partial charge in [-0.15, -0.1) is 12.6 Å². The second-order valence-electron chi connectivity index (χ2n) is 4.40. The molecular formula is C13H28N2S2. The highest BCUT2D eigenvalue weighted by atomic mass is 32.1. The monoisotopic (exact) mass is 276 g/mol. The molecular weight excluding hydrogens is 248 g/mol. The minimum atomic E-state index is 0.610. The first-order valence-electron chi connectivity index (χ1n) is 6.85. The molecule has 0 spiro atoms. The van der Waals surface area contributed by atoms with Crippen molar-refractivity contribution in [2.75, 3.05) is 19.6 Å². The van der Waals surface area contributed by atoms with Crippen molar-refractivity contribution in [3.63, 3.8) is 0 Å². The predicted molar refractivity (Wildman–Crippen MR) is 85.1 cm³/mol. The molecule has 1 aliphatic rings. The van der Waals surface area contributed by atoms with Crippen LogP contribution >= 0.6 is 24.8 Å². The molecule has 0 aromatic heterocycles. The molecule has 0 saturated heterocycles. The fourth-order valence-corrected chi connectivity index (χ4v) is 2.44. The lowest BCUT2D eigenvalue weighted by Crippen LogP contribution is -2.32. The first kappa shape index (κ1) is 17.2. The van der Waals surface area contributed by atoms with E-state index in [0.717, 1.165) is 0 Å². The molecule has 2 nitrogen and oxygen atoms in total. The average molecular weight is 277 g/mol. The number of hydrogen-bond donors (Lipinski definition) is 2. The summed E-state index contributed by atoms with van der Waals surface area (Å²) >= 11 is 8.86. The van der Waals surface area contributed by atoms with E-state index in [1.165, 1.54) is 51.7 Å². The molecule has 1 N–H and O–H groups in total. The third kappa shape index (κ3) is 9.86. The molecule has 0 unspecified atom stereocenters. The Balaban J connectivity index is 0.000000325. The Bertz CT molecular complexity index is 182. The molecule has 17 heavy (non-hydrogen) atoms. The Morgan fingerprint density at radius 2 is 1.59 bits per heavy atom. The van der Waals surface area contributed by atoms with E-state index in [9.17, 15) is 0 Å². The van der Waals surface area contributed by atoms with Crippen LogP contribution in [-0.2, 0) is 0 Å². The molecule has 0 amide bonds. The summed E-state index contributed by atoms with van der Waals surface area (Å²) in [5, 5.41) is 3.18. The van der Waals surface area contributed by atoms with Crippen molar-refractivity contribution in [1.82, 2.24) is 10.2 Å². The van der Waals surface area contributed by atoms with Crippen LogP contribution in [0.5, 0.6) is 0 Å². The van der Waals surface area contributed by atoms with Gasteiger partial charge in [0.15, 0.2) is 0 Å². The van der Waals surface area contributed by atoms with E-state index in [1.807, 2.05) is 0 Å². The van der Waals surface area contributed by atoms with Crippen LogP contribution in [0.3, 0.4) is 0 Å². The molecule has 4 heteroatoms. The van der Waals surface area contributed by atoms with Crippen molar-refractivity contribution < 1.29 is 0 Å². The van der Waals surface area contributed by atoms with E-state index >= 15 is 0 Å². The van der Waals surface area contributed by atoms with Crippen molar-refractivity contribution in [1.29, 1.82) is 0 Å². The lowest BCUT2D eigenvalue weighted by molar-refractivity contribution is 0.321. The zero-order chi connectivity index (χ0) is 13.1. The Labute approximate surface area is 118 Å². The number of nitrogens with one attached hydrogen (secondary N) is 1. The third-order valence-corrected chi connectivity index (χ3v) is 3.52. The van der Waals surface area contributed by atoms with Gasteiger partial charge < -0.3 is 10.2 Å². The van der Waals surface area contributed by atoms with Crippen LogP contribution in [0.15, 0.2) is 0 Å². The normalized spacial score (nSPS) is 16.3. The smallest absolute Gasteiger partial charge is 0.130 e. The largest absolute Gasteiger partial charge is 0.368 e. The fraction of sp³-hybridized carbons (Fsp3) is 0.923. The minimum absolute atomic E-state index is 0.610. The maximum Gasteiger partial charge on any atom is 0.130 e. The Hall–Kier alpha value is 0.200. The molecule has 1 fully saturated rings. The summed E-state index contributed by atoms with van der Waals surface area (Å²) in [5.41, 5.74) is 0. The van der Waals surface area contributed by atoms with Gasteiger partial charge in [-0.1, -0.05) is 52.3 Å². The maximum atomic E-state index is 4.83. The summed E-state index contributed by atoms with van der Waals surface area (Å²) in [6.07, 6.45) is 6.60. The molecule has 1 rings (SSSR count). The Morgan fingerprint density at radius 1 is 1.12 bits per heavy atom. The zero-order valence-electron chi connectivity index (χ0n) is 11.5. The van der Waals surface area contributed by atoms with Gasteiger partial charge in [-0.2, -0.15) is 0 Å². The van der Waals surface area contributed by atoms with Crippen LogP contribution in [0.2, 0.25) is 0 Å². The van der Waals surface area contributed by atoms with Crippen LogP contribution in [0.25, 0.3) is 0 Å². The third-order valence-electron chi connectivity index (χ3n) is 3.27. The Kier molecular flexibility index (Phi) is 11.4. The summed E-state index contributed by atoms with van der Waals surface area (Å²) in [6, 6.07) is 0.610. The lowest BCUT2D eigenvalue weighted by Gasteiger charge is -2.22. The Morgan fingerprint density at radius 3 is 1.88 bits per heavy atom. The number of rotatable bonds is 4. The number of thiol groups is 1. The van der Waals surface area contributed by atoms with Crippen molar-refractivity contribution >= 4 is 29.2 Å². The summed E-state index contributed by atoms with van der Waals surface area (Å²) in [5.74, 6) is 0. The molecule has 0 aromatic carbocycles. The topological polar surface area (TPSA) is 15.3 Å². The van der Waals surface area contributed by atoms with Gasteiger partial charge in [0, 0.05) is 6.04 Å². The van der Waals surface area contributed by atoms with E-state index in [1.54, 1.807) is 0 Å². The van der Waals surface area contributed by atoms with Crippen LogP contribution in [0, 0.1) is 0 Å². The van der Waals surface area contributed by atoms with Gasteiger partial charge in [-0.05, 0) is 32.5 Å². The molecule has 0 bridgehead atoms. The van der Waals surface area contributed by atoms with Crippen molar-refractivity contribution in [3.8, 4) is 0 Å². The predicted octanol–water partition coefficient (Wildman–Crippen LogP) is 3.47. The van der Waals surface area contributed by atoms with E-state index in [0.29, 0.717) is 10.4 Å². The van der Waals surface area contributed by atoms with Gasteiger partial charge in [0.05, 0.1) is 0 Å². The molecule has 0 aromatic rings. The summed E-state index contributed by atoms with van der Waals surface area (Å²) in [6.45, 7) is 10.1. The molecule has 0 aliphatic heterocycles. The summed E-state index contributed by atoms with van der Waals surface area (Å²) < 4.78 is 0.645. The summed E-state index contributed by atoms with van der Waals surface area (Å²) in [4.78, 5) is 2.38. The van der Waals surface area contributed by atoms with Gasteiger partial charge in [0.25, 0.3) is 0 Å². The minimum Gasteiger partial charge on any atom is -0.368 e. The summed E-state index contributed by atoms with van der Waals surface area (Å²) in [7, 11) is 0. The lowest BCUT2D eigenvalue weighted by atomic mass is 9.96. The van der Waals surface area contributed by atoms with Gasteiger partial charge in [-0.25, -0.2) is 0 Å². The number of thiocarbonyl (C=S) groups is 1. The van der Waals surface area contributed by atoms with Crippen molar-refractivity contribution in [3.05, 3.63) is 0 Å². The number of nitrogens with zero attached hydrogens (tertiary/aromatic N) is 1. The molecule has 0 atom stereocenters. The second-order valence-corrected chi connectivity index (χ2v) is 5.56.